The molecule has 17 heavy (non-hydrogen) atoms. The van der Waals surface area contributed by atoms with E-state index >= 15 is 0 Å². The fourth-order valence-corrected chi connectivity index (χ4v) is 1.56. The quantitative estimate of drug-likeness (QED) is 0.711. The van der Waals surface area contributed by atoms with Crippen molar-refractivity contribution in [1.29, 1.82) is 0 Å². The van der Waals surface area contributed by atoms with Crippen molar-refractivity contribution in [2.24, 2.45) is 0 Å². The molecular weight excluding hydrogens is 253 g/mol. The fourth-order valence-electron chi connectivity index (χ4n) is 1.45. The van der Waals surface area contributed by atoms with Gasteiger partial charge in [0.05, 0.1) is 0 Å². The lowest BCUT2D eigenvalue weighted by Gasteiger charge is -2.13. The number of halogens is 4. The number of rotatable bonds is 5. The van der Waals surface area contributed by atoms with Gasteiger partial charge in [-0.3, -0.25) is 0 Å². The van der Waals surface area contributed by atoms with E-state index in [1.807, 2.05) is 6.92 Å². The van der Waals surface area contributed by atoms with Crippen molar-refractivity contribution >= 4 is 11.6 Å². The molecule has 1 rings (SSSR count). The molecule has 0 aromatic heterocycles. The summed E-state index contributed by atoms with van der Waals surface area (Å²) in [5, 5.41) is -0.0195. The second-order valence-corrected chi connectivity index (χ2v) is 4.32. The predicted molar refractivity (Wildman–Crippen MR) is 61.4 cm³/mol. The van der Waals surface area contributed by atoms with E-state index in [2.05, 4.69) is 4.74 Å². The van der Waals surface area contributed by atoms with Crippen LogP contribution in [0.3, 0.4) is 0 Å². The first-order chi connectivity index (χ1) is 7.92. The Morgan fingerprint density at radius 3 is 2.53 bits per heavy atom. The van der Waals surface area contributed by atoms with Gasteiger partial charge in [0.1, 0.15) is 5.75 Å². The summed E-state index contributed by atoms with van der Waals surface area (Å²) < 4.78 is 40.4. The van der Waals surface area contributed by atoms with Crippen molar-refractivity contribution in [3.8, 4) is 5.75 Å². The number of hydrogen-bond acceptors (Lipinski definition) is 1. The zero-order valence-corrected chi connectivity index (χ0v) is 10.2. The summed E-state index contributed by atoms with van der Waals surface area (Å²) in [5.41, 5.74) is 0.531. The molecule has 1 unspecified atom stereocenters. The van der Waals surface area contributed by atoms with Gasteiger partial charge in [-0.1, -0.05) is 25.1 Å². The molecule has 0 spiro atoms. The topological polar surface area (TPSA) is 9.23 Å². The molecule has 1 aromatic rings. The summed E-state index contributed by atoms with van der Waals surface area (Å²) in [6.07, 6.45) is -2.74. The van der Waals surface area contributed by atoms with Gasteiger partial charge in [-0.05, 0) is 30.9 Å². The van der Waals surface area contributed by atoms with Crippen molar-refractivity contribution in [3.05, 3.63) is 29.8 Å². The van der Waals surface area contributed by atoms with Crippen molar-refractivity contribution in [3.63, 3.8) is 0 Å². The Labute approximate surface area is 104 Å². The fraction of sp³-hybridized carbons (Fsp3) is 0.500. The maximum absolute atomic E-state index is 12.1. The standard InChI is InChI=1S/C12H14ClF3O/c1-2-10(13)8-7-9-5-3-4-6-11(9)17-12(14,15)16/h3-6,10H,2,7-8H2,1H3. The maximum Gasteiger partial charge on any atom is 0.573 e. The monoisotopic (exact) mass is 266 g/mol. The minimum absolute atomic E-state index is 0.0195. The molecule has 0 bridgehead atoms. The second-order valence-electron chi connectivity index (χ2n) is 3.70. The van der Waals surface area contributed by atoms with E-state index in [9.17, 15) is 13.2 Å². The molecule has 0 N–H and O–H groups in total. The first-order valence-electron chi connectivity index (χ1n) is 5.40. The molecule has 0 aliphatic heterocycles. The third kappa shape index (κ3) is 5.31. The summed E-state index contributed by atoms with van der Waals surface area (Å²) in [7, 11) is 0. The van der Waals surface area contributed by atoms with Crippen LogP contribution in [0.2, 0.25) is 0 Å². The molecule has 1 atom stereocenters. The lowest BCUT2D eigenvalue weighted by atomic mass is 10.1. The summed E-state index contributed by atoms with van der Waals surface area (Å²) >= 11 is 5.94. The van der Waals surface area contributed by atoms with Gasteiger partial charge >= 0.3 is 6.36 Å². The Hall–Kier alpha value is -0.900. The molecule has 1 nitrogen and oxygen atoms in total. The second kappa shape index (κ2) is 6.15. The molecule has 0 saturated carbocycles. The summed E-state index contributed by atoms with van der Waals surface area (Å²) in [4.78, 5) is 0. The maximum atomic E-state index is 12.1. The van der Waals surface area contributed by atoms with Crippen LogP contribution in [0.1, 0.15) is 25.3 Å². The van der Waals surface area contributed by atoms with Crippen LogP contribution in [0.25, 0.3) is 0 Å². The zero-order valence-electron chi connectivity index (χ0n) is 9.43. The average Bonchev–Trinajstić information content (AvgIpc) is 2.25. The lowest BCUT2D eigenvalue weighted by molar-refractivity contribution is -0.274. The van der Waals surface area contributed by atoms with Gasteiger partial charge in [-0.2, -0.15) is 0 Å². The van der Waals surface area contributed by atoms with Crippen LogP contribution in [0.5, 0.6) is 5.75 Å². The molecule has 0 fully saturated rings. The minimum atomic E-state index is -4.65. The highest BCUT2D eigenvalue weighted by atomic mass is 35.5. The van der Waals surface area contributed by atoms with Crippen LogP contribution in [0.4, 0.5) is 13.2 Å². The third-order valence-electron chi connectivity index (χ3n) is 2.37. The van der Waals surface area contributed by atoms with Gasteiger partial charge in [0.2, 0.25) is 0 Å². The molecule has 0 aliphatic carbocycles. The molecule has 0 heterocycles. The van der Waals surface area contributed by atoms with Crippen LogP contribution >= 0.6 is 11.6 Å². The van der Waals surface area contributed by atoms with E-state index in [0.717, 1.165) is 6.42 Å². The van der Waals surface area contributed by atoms with E-state index in [4.69, 9.17) is 11.6 Å². The van der Waals surface area contributed by atoms with E-state index in [-0.39, 0.29) is 11.1 Å². The van der Waals surface area contributed by atoms with Gasteiger partial charge in [-0.15, -0.1) is 24.8 Å². The molecule has 0 aliphatic rings. The number of hydrogen-bond donors (Lipinski definition) is 0. The molecule has 0 amide bonds. The smallest absolute Gasteiger partial charge is 0.406 e. The molecule has 5 heteroatoms. The predicted octanol–water partition coefficient (Wildman–Crippen LogP) is 4.54. The third-order valence-corrected chi connectivity index (χ3v) is 2.90. The summed E-state index contributed by atoms with van der Waals surface area (Å²) in [6.45, 7) is 1.94. The van der Waals surface area contributed by atoms with Crippen molar-refractivity contribution in [2.45, 2.75) is 37.9 Å². The van der Waals surface area contributed by atoms with E-state index in [0.29, 0.717) is 18.4 Å². The lowest BCUT2D eigenvalue weighted by Crippen LogP contribution is -2.18. The first-order valence-corrected chi connectivity index (χ1v) is 5.83. The Balaban J connectivity index is 2.71. The Kier molecular flexibility index (Phi) is 5.12. The van der Waals surface area contributed by atoms with Gasteiger partial charge in [0.15, 0.2) is 0 Å². The number of alkyl halides is 4. The molecule has 0 radical (unpaired) electrons. The van der Waals surface area contributed by atoms with Gasteiger partial charge < -0.3 is 4.74 Å². The largest absolute Gasteiger partial charge is 0.573 e. The summed E-state index contributed by atoms with van der Waals surface area (Å²) in [6, 6.07) is 6.15. The Morgan fingerprint density at radius 2 is 1.94 bits per heavy atom. The highest BCUT2D eigenvalue weighted by molar-refractivity contribution is 6.20. The van der Waals surface area contributed by atoms with Crippen LogP contribution in [0.15, 0.2) is 24.3 Å². The van der Waals surface area contributed by atoms with Gasteiger partial charge in [-0.25, -0.2) is 0 Å². The highest BCUT2D eigenvalue weighted by Crippen LogP contribution is 2.27. The number of ether oxygens (including phenoxy) is 1. The molecule has 0 saturated heterocycles. The van der Waals surface area contributed by atoms with Crippen LogP contribution < -0.4 is 4.74 Å². The summed E-state index contributed by atoms with van der Waals surface area (Å²) in [5.74, 6) is -0.139. The van der Waals surface area contributed by atoms with E-state index in [1.165, 1.54) is 12.1 Å². The highest BCUT2D eigenvalue weighted by Gasteiger charge is 2.31. The Morgan fingerprint density at radius 1 is 1.29 bits per heavy atom. The van der Waals surface area contributed by atoms with Crippen LogP contribution in [-0.4, -0.2) is 11.7 Å². The molecular formula is C12H14ClF3O. The molecule has 1 aromatic carbocycles. The van der Waals surface area contributed by atoms with Crippen molar-refractivity contribution in [1.82, 2.24) is 0 Å². The van der Waals surface area contributed by atoms with Crippen molar-refractivity contribution < 1.29 is 17.9 Å². The number of benzene rings is 1. The number of aryl methyl sites for hydroxylation is 1. The van der Waals surface area contributed by atoms with Crippen LogP contribution in [0, 0.1) is 0 Å². The zero-order chi connectivity index (χ0) is 12.9. The normalized spacial score (nSPS) is 13.5. The SMILES string of the molecule is CCC(Cl)CCc1ccccc1OC(F)(F)F. The van der Waals surface area contributed by atoms with Gasteiger partial charge in [0.25, 0.3) is 0 Å². The van der Waals surface area contributed by atoms with E-state index < -0.39 is 6.36 Å². The Bertz CT molecular complexity index is 352. The molecule has 96 valence electrons. The average molecular weight is 267 g/mol. The number of para-hydroxylation sites is 1. The first kappa shape index (κ1) is 14.2. The van der Waals surface area contributed by atoms with Crippen LogP contribution in [-0.2, 0) is 6.42 Å². The minimum Gasteiger partial charge on any atom is -0.406 e. The van der Waals surface area contributed by atoms with Gasteiger partial charge in [0, 0.05) is 5.38 Å². The van der Waals surface area contributed by atoms with Crippen molar-refractivity contribution in [2.75, 3.05) is 0 Å². The van der Waals surface area contributed by atoms with E-state index in [1.54, 1.807) is 12.1 Å².